The molecule has 3 rings (SSSR count). The lowest BCUT2D eigenvalue weighted by atomic mass is 10.3. The van der Waals surface area contributed by atoms with Gasteiger partial charge in [-0.1, -0.05) is 0 Å². The van der Waals surface area contributed by atoms with Crippen LogP contribution in [0.25, 0.3) is 5.65 Å². The summed E-state index contributed by atoms with van der Waals surface area (Å²) >= 11 is 0. The van der Waals surface area contributed by atoms with Crippen molar-refractivity contribution in [1.29, 1.82) is 0 Å². The van der Waals surface area contributed by atoms with E-state index in [1.165, 1.54) is 12.8 Å². The third-order valence-corrected chi connectivity index (χ3v) is 2.66. The molecule has 0 aromatic carbocycles. The first-order valence-electron chi connectivity index (χ1n) is 4.87. The highest BCUT2D eigenvalue weighted by Crippen LogP contribution is 2.38. The highest BCUT2D eigenvalue weighted by Gasteiger charge is 2.28. The number of aryl methyl sites for hydroxylation is 1. The minimum Gasteiger partial charge on any atom is -0.396 e. The Bertz CT molecular complexity index is 457. The zero-order chi connectivity index (χ0) is 9.71. The molecule has 2 aromatic rings. The van der Waals surface area contributed by atoms with Gasteiger partial charge in [-0.25, -0.2) is 9.50 Å². The van der Waals surface area contributed by atoms with Gasteiger partial charge in [0.25, 0.3) is 0 Å². The van der Waals surface area contributed by atoms with Crippen LogP contribution in [0.2, 0.25) is 0 Å². The van der Waals surface area contributed by atoms with E-state index >= 15 is 0 Å². The Morgan fingerprint density at radius 2 is 2.21 bits per heavy atom. The van der Waals surface area contributed by atoms with Crippen LogP contribution in [-0.4, -0.2) is 14.6 Å². The van der Waals surface area contributed by atoms with E-state index in [9.17, 15) is 0 Å². The Labute approximate surface area is 81.8 Å². The van der Waals surface area contributed by atoms with E-state index in [1.54, 1.807) is 0 Å². The van der Waals surface area contributed by atoms with Crippen LogP contribution in [0.15, 0.2) is 12.1 Å². The lowest BCUT2D eigenvalue weighted by Crippen LogP contribution is -1.97. The molecule has 0 amide bonds. The van der Waals surface area contributed by atoms with Crippen molar-refractivity contribution in [2.24, 2.45) is 0 Å². The number of rotatable bonds is 1. The molecule has 0 bridgehead atoms. The van der Waals surface area contributed by atoms with E-state index in [1.807, 2.05) is 23.6 Å². The zero-order valence-corrected chi connectivity index (χ0v) is 8.07. The number of fused-ring (bicyclic) bond motifs is 1. The van der Waals surface area contributed by atoms with Gasteiger partial charge in [0.2, 0.25) is 0 Å². The summed E-state index contributed by atoms with van der Waals surface area (Å²) in [6.45, 7) is 2.01. The molecule has 0 spiro atoms. The normalized spacial score (nSPS) is 16.4. The van der Waals surface area contributed by atoms with Crippen LogP contribution in [0.1, 0.15) is 30.3 Å². The fourth-order valence-corrected chi connectivity index (χ4v) is 1.63. The number of hydrogen-bond donors (Lipinski definition) is 1. The first kappa shape index (κ1) is 7.79. The molecule has 4 nitrogen and oxygen atoms in total. The average Bonchev–Trinajstić information content (AvgIpc) is 2.92. The second-order valence-corrected chi connectivity index (χ2v) is 3.91. The van der Waals surface area contributed by atoms with E-state index in [2.05, 4.69) is 10.1 Å². The second kappa shape index (κ2) is 2.47. The van der Waals surface area contributed by atoms with Gasteiger partial charge in [-0.05, 0) is 31.9 Å². The SMILES string of the molecule is Cc1ccc(N)c2nc(C3CC3)nn12. The van der Waals surface area contributed by atoms with Gasteiger partial charge in [-0.3, -0.25) is 0 Å². The molecule has 72 valence electrons. The first-order valence-corrected chi connectivity index (χ1v) is 4.87. The summed E-state index contributed by atoms with van der Waals surface area (Å²) in [4.78, 5) is 4.46. The van der Waals surface area contributed by atoms with Crippen LogP contribution in [0.3, 0.4) is 0 Å². The Morgan fingerprint density at radius 1 is 1.43 bits per heavy atom. The van der Waals surface area contributed by atoms with Crippen molar-refractivity contribution in [3.63, 3.8) is 0 Å². The third-order valence-electron chi connectivity index (χ3n) is 2.66. The first-order chi connectivity index (χ1) is 6.75. The number of nitrogen functional groups attached to an aromatic ring is 1. The van der Waals surface area contributed by atoms with Gasteiger partial charge in [0.15, 0.2) is 11.5 Å². The Kier molecular flexibility index (Phi) is 1.37. The monoisotopic (exact) mass is 188 g/mol. The van der Waals surface area contributed by atoms with Crippen molar-refractivity contribution in [2.75, 3.05) is 5.73 Å². The number of nitrogens with zero attached hydrogens (tertiary/aromatic N) is 3. The second-order valence-electron chi connectivity index (χ2n) is 3.91. The smallest absolute Gasteiger partial charge is 0.178 e. The van der Waals surface area contributed by atoms with Crippen LogP contribution >= 0.6 is 0 Å². The zero-order valence-electron chi connectivity index (χ0n) is 8.07. The number of nitrogens with two attached hydrogens (primary N) is 1. The summed E-state index contributed by atoms with van der Waals surface area (Å²) in [6, 6.07) is 3.85. The molecular weight excluding hydrogens is 176 g/mol. The van der Waals surface area contributed by atoms with Crippen molar-refractivity contribution in [1.82, 2.24) is 14.6 Å². The van der Waals surface area contributed by atoms with Crippen molar-refractivity contribution in [3.05, 3.63) is 23.7 Å². The van der Waals surface area contributed by atoms with E-state index in [4.69, 9.17) is 5.73 Å². The predicted molar refractivity (Wildman–Crippen MR) is 54.1 cm³/mol. The van der Waals surface area contributed by atoms with Crippen molar-refractivity contribution in [2.45, 2.75) is 25.7 Å². The van der Waals surface area contributed by atoms with Gasteiger partial charge in [-0.2, -0.15) is 5.10 Å². The third kappa shape index (κ3) is 0.999. The van der Waals surface area contributed by atoms with Crippen LogP contribution in [-0.2, 0) is 0 Å². The van der Waals surface area contributed by atoms with E-state index in [0.29, 0.717) is 11.6 Å². The number of aromatic nitrogens is 3. The van der Waals surface area contributed by atoms with Gasteiger partial charge in [-0.15, -0.1) is 0 Å². The fourth-order valence-electron chi connectivity index (χ4n) is 1.63. The summed E-state index contributed by atoms with van der Waals surface area (Å²) in [5.41, 5.74) is 8.41. The number of anilines is 1. The maximum atomic E-state index is 5.84. The van der Waals surface area contributed by atoms with Gasteiger partial charge >= 0.3 is 0 Å². The Morgan fingerprint density at radius 3 is 2.86 bits per heavy atom. The van der Waals surface area contributed by atoms with Gasteiger partial charge in [0.05, 0.1) is 5.69 Å². The van der Waals surface area contributed by atoms with E-state index in [0.717, 1.165) is 17.2 Å². The molecule has 2 aromatic heterocycles. The summed E-state index contributed by atoms with van der Waals surface area (Å²) in [5, 5.41) is 4.46. The van der Waals surface area contributed by atoms with Crippen LogP contribution in [0, 0.1) is 6.92 Å². The molecule has 1 aliphatic carbocycles. The summed E-state index contributed by atoms with van der Waals surface area (Å²) in [7, 11) is 0. The molecule has 0 saturated heterocycles. The molecule has 0 aliphatic heterocycles. The lowest BCUT2D eigenvalue weighted by Gasteiger charge is -1.98. The quantitative estimate of drug-likeness (QED) is 0.737. The standard InChI is InChI=1S/C10H12N4/c1-6-2-5-8(11)10-12-9(7-3-4-7)13-14(6)10/h2,5,7H,3-4,11H2,1H3. The van der Waals surface area contributed by atoms with E-state index in [-0.39, 0.29) is 0 Å². The molecule has 0 unspecified atom stereocenters. The minimum absolute atomic E-state index is 0.577. The molecule has 0 atom stereocenters. The summed E-state index contributed by atoms with van der Waals surface area (Å²) < 4.78 is 1.84. The van der Waals surface area contributed by atoms with Crippen LogP contribution in [0.5, 0.6) is 0 Å². The van der Waals surface area contributed by atoms with Gasteiger partial charge in [0.1, 0.15) is 0 Å². The van der Waals surface area contributed by atoms with Crippen molar-refractivity contribution in [3.8, 4) is 0 Å². The van der Waals surface area contributed by atoms with E-state index < -0.39 is 0 Å². The molecule has 1 saturated carbocycles. The molecule has 14 heavy (non-hydrogen) atoms. The highest BCUT2D eigenvalue weighted by atomic mass is 15.3. The maximum absolute atomic E-state index is 5.84. The molecule has 2 heterocycles. The summed E-state index contributed by atoms with van der Waals surface area (Å²) in [6.07, 6.45) is 2.44. The lowest BCUT2D eigenvalue weighted by molar-refractivity contribution is 0.855. The molecule has 1 fully saturated rings. The van der Waals surface area contributed by atoms with Crippen molar-refractivity contribution < 1.29 is 0 Å². The molecule has 0 radical (unpaired) electrons. The topological polar surface area (TPSA) is 56.2 Å². The number of hydrogen-bond acceptors (Lipinski definition) is 3. The van der Waals surface area contributed by atoms with Gasteiger partial charge in [0, 0.05) is 11.6 Å². The predicted octanol–water partition coefficient (Wildman–Crippen LogP) is 1.50. The largest absolute Gasteiger partial charge is 0.396 e. The van der Waals surface area contributed by atoms with Crippen LogP contribution in [0.4, 0.5) is 5.69 Å². The minimum atomic E-state index is 0.577. The summed E-state index contributed by atoms with van der Waals surface area (Å²) in [5.74, 6) is 1.53. The maximum Gasteiger partial charge on any atom is 0.178 e. The molecule has 2 N–H and O–H groups in total. The highest BCUT2D eigenvalue weighted by molar-refractivity contribution is 5.64. The molecule has 4 heteroatoms. The molecular formula is C10H12N4. The van der Waals surface area contributed by atoms with Crippen molar-refractivity contribution >= 4 is 11.3 Å². The average molecular weight is 188 g/mol. The fraction of sp³-hybridized carbons (Fsp3) is 0.400. The van der Waals surface area contributed by atoms with Crippen LogP contribution < -0.4 is 5.73 Å². The van der Waals surface area contributed by atoms with Gasteiger partial charge < -0.3 is 5.73 Å². The Balaban J connectivity index is 2.30. The number of pyridine rings is 1. The Hall–Kier alpha value is -1.58. The molecule has 1 aliphatic rings.